The summed E-state index contributed by atoms with van der Waals surface area (Å²) in [6.07, 6.45) is 3.52. The van der Waals surface area contributed by atoms with Crippen LogP contribution in [0.5, 0.6) is 0 Å². The van der Waals surface area contributed by atoms with Gasteiger partial charge in [-0.25, -0.2) is 0 Å². The van der Waals surface area contributed by atoms with E-state index in [9.17, 15) is 4.79 Å². The second-order valence-electron chi connectivity index (χ2n) is 6.65. The monoisotopic (exact) mass is 354 g/mol. The van der Waals surface area contributed by atoms with Crippen molar-refractivity contribution in [3.8, 4) is 0 Å². The minimum atomic E-state index is 0. The number of ether oxygens (including phenoxy) is 1. The molecule has 1 aliphatic heterocycles. The molecule has 1 amide bonds. The van der Waals surface area contributed by atoms with Crippen molar-refractivity contribution in [1.29, 1.82) is 0 Å². The zero-order valence-electron chi connectivity index (χ0n) is 15.0. The van der Waals surface area contributed by atoms with E-state index in [0.29, 0.717) is 12.5 Å². The van der Waals surface area contributed by atoms with Gasteiger partial charge in [-0.1, -0.05) is 45.0 Å². The first-order chi connectivity index (χ1) is 11.1. The molecule has 0 spiro atoms. The fourth-order valence-electron chi connectivity index (χ4n) is 2.97. The van der Waals surface area contributed by atoms with Gasteiger partial charge in [-0.05, 0) is 36.3 Å². The molecule has 1 fully saturated rings. The predicted molar refractivity (Wildman–Crippen MR) is 101 cm³/mol. The van der Waals surface area contributed by atoms with Gasteiger partial charge in [-0.3, -0.25) is 4.79 Å². The number of benzene rings is 1. The van der Waals surface area contributed by atoms with Crippen molar-refractivity contribution in [2.24, 2.45) is 5.92 Å². The molecule has 0 saturated carbocycles. The first-order valence-electron chi connectivity index (χ1n) is 8.80. The van der Waals surface area contributed by atoms with E-state index in [-0.39, 0.29) is 30.5 Å². The van der Waals surface area contributed by atoms with Gasteiger partial charge in [0, 0.05) is 13.2 Å². The lowest BCUT2D eigenvalue weighted by Crippen LogP contribution is -2.40. The second-order valence-corrected chi connectivity index (χ2v) is 6.65. The van der Waals surface area contributed by atoms with Crippen LogP contribution in [0.4, 0.5) is 0 Å². The summed E-state index contributed by atoms with van der Waals surface area (Å²) in [4.78, 5) is 12.2. The number of hydrogen-bond acceptors (Lipinski definition) is 3. The third kappa shape index (κ3) is 6.42. The van der Waals surface area contributed by atoms with Crippen molar-refractivity contribution in [3.63, 3.8) is 0 Å². The van der Waals surface area contributed by atoms with Crippen LogP contribution in [0.3, 0.4) is 0 Å². The Hall–Kier alpha value is -1.10. The highest BCUT2D eigenvalue weighted by atomic mass is 35.5. The Labute approximate surface area is 152 Å². The molecule has 1 heterocycles. The summed E-state index contributed by atoms with van der Waals surface area (Å²) < 4.78 is 5.55. The summed E-state index contributed by atoms with van der Waals surface area (Å²) in [5.74, 6) is 0.394. The highest BCUT2D eigenvalue weighted by molar-refractivity contribution is 5.85. The lowest BCUT2D eigenvalue weighted by atomic mass is 9.95. The van der Waals surface area contributed by atoms with Crippen molar-refractivity contribution in [2.45, 2.75) is 52.2 Å². The minimum Gasteiger partial charge on any atom is -0.377 e. The van der Waals surface area contributed by atoms with Gasteiger partial charge in [-0.2, -0.15) is 0 Å². The van der Waals surface area contributed by atoms with E-state index in [1.807, 2.05) is 0 Å². The fourth-order valence-corrected chi connectivity index (χ4v) is 2.97. The molecule has 4 nitrogen and oxygen atoms in total. The Morgan fingerprint density at radius 3 is 2.54 bits per heavy atom. The van der Waals surface area contributed by atoms with Gasteiger partial charge in [0.25, 0.3) is 0 Å². The normalized spacial score (nSPS) is 18.2. The summed E-state index contributed by atoms with van der Waals surface area (Å²) in [6, 6.07) is 8.60. The molecule has 1 aliphatic rings. The highest BCUT2D eigenvalue weighted by Gasteiger charge is 2.19. The molecule has 0 aromatic heterocycles. The van der Waals surface area contributed by atoms with Crippen molar-refractivity contribution < 1.29 is 9.53 Å². The molecule has 1 saturated heterocycles. The van der Waals surface area contributed by atoms with Gasteiger partial charge in [0.1, 0.15) is 0 Å². The van der Waals surface area contributed by atoms with E-state index < -0.39 is 0 Å². The molecule has 0 aliphatic carbocycles. The summed E-state index contributed by atoms with van der Waals surface area (Å²) in [5.41, 5.74) is 2.49. The maximum atomic E-state index is 12.2. The average molecular weight is 355 g/mol. The number of rotatable bonds is 8. The summed E-state index contributed by atoms with van der Waals surface area (Å²) in [7, 11) is 0. The lowest BCUT2D eigenvalue weighted by molar-refractivity contribution is -0.121. The largest absolute Gasteiger partial charge is 0.377 e. The van der Waals surface area contributed by atoms with Crippen LogP contribution in [0, 0.1) is 5.92 Å². The Kier molecular flexibility index (Phi) is 9.34. The van der Waals surface area contributed by atoms with Crippen molar-refractivity contribution in [2.75, 3.05) is 19.7 Å². The molecular formula is C19H31ClN2O2. The van der Waals surface area contributed by atoms with E-state index >= 15 is 0 Å². The molecule has 24 heavy (non-hydrogen) atoms. The number of amides is 1. The molecule has 0 radical (unpaired) electrons. The highest BCUT2D eigenvalue weighted by Crippen LogP contribution is 2.22. The number of hydrogen-bond donors (Lipinski definition) is 2. The third-order valence-electron chi connectivity index (χ3n) is 4.41. The first-order valence-corrected chi connectivity index (χ1v) is 8.80. The quantitative estimate of drug-likeness (QED) is 0.753. The van der Waals surface area contributed by atoms with Crippen LogP contribution >= 0.6 is 12.4 Å². The van der Waals surface area contributed by atoms with Gasteiger partial charge in [0.15, 0.2) is 0 Å². The van der Waals surface area contributed by atoms with Gasteiger partial charge in [-0.15, -0.1) is 12.4 Å². The van der Waals surface area contributed by atoms with Crippen LogP contribution < -0.4 is 10.6 Å². The molecule has 5 heteroatoms. The number of halogens is 1. The zero-order valence-corrected chi connectivity index (χ0v) is 15.8. The van der Waals surface area contributed by atoms with Gasteiger partial charge in [0.05, 0.1) is 18.7 Å². The van der Waals surface area contributed by atoms with Crippen molar-refractivity contribution in [3.05, 3.63) is 35.4 Å². The Morgan fingerprint density at radius 2 is 2.00 bits per heavy atom. The third-order valence-corrected chi connectivity index (χ3v) is 4.41. The lowest BCUT2D eigenvalue weighted by Gasteiger charge is -2.23. The minimum absolute atomic E-state index is 0. The molecule has 2 N–H and O–H groups in total. The zero-order chi connectivity index (χ0) is 16.7. The standard InChI is InChI=1S/C19H30N2O2.ClH/c1-4-15-7-9-16(10-8-15)19(14(2)3)21-18(22)13-20-12-17-6-5-11-23-17;/h7-10,14,17,19-20H,4-6,11-13H2,1-3H3,(H,21,22);1H. The van der Waals surface area contributed by atoms with Gasteiger partial charge >= 0.3 is 0 Å². The van der Waals surface area contributed by atoms with Gasteiger partial charge < -0.3 is 15.4 Å². The van der Waals surface area contributed by atoms with E-state index in [1.165, 1.54) is 11.1 Å². The Bertz CT molecular complexity index is 485. The second kappa shape index (κ2) is 10.7. The SMILES string of the molecule is CCc1ccc(C(NC(=O)CNCC2CCCO2)C(C)C)cc1.Cl. The molecule has 0 bridgehead atoms. The smallest absolute Gasteiger partial charge is 0.234 e. The molecule has 2 atom stereocenters. The number of carbonyl (C=O) groups is 1. The van der Waals surface area contributed by atoms with E-state index in [0.717, 1.165) is 32.4 Å². The Morgan fingerprint density at radius 1 is 1.29 bits per heavy atom. The number of carbonyl (C=O) groups excluding carboxylic acids is 1. The van der Waals surface area contributed by atoms with E-state index in [2.05, 4.69) is 55.7 Å². The predicted octanol–water partition coefficient (Wildman–Crippen LogP) is 3.25. The maximum Gasteiger partial charge on any atom is 0.234 e. The number of aryl methyl sites for hydroxylation is 1. The van der Waals surface area contributed by atoms with Crippen LogP contribution in [0.1, 0.15) is 50.8 Å². The summed E-state index contributed by atoms with van der Waals surface area (Å²) in [5, 5.41) is 6.36. The van der Waals surface area contributed by atoms with Crippen molar-refractivity contribution >= 4 is 18.3 Å². The molecule has 2 rings (SSSR count). The van der Waals surface area contributed by atoms with Crippen LogP contribution in [-0.4, -0.2) is 31.7 Å². The summed E-state index contributed by atoms with van der Waals surface area (Å²) >= 11 is 0. The van der Waals surface area contributed by atoms with E-state index in [1.54, 1.807) is 0 Å². The summed E-state index contributed by atoms with van der Waals surface area (Å²) in [6.45, 7) is 8.37. The fraction of sp³-hybridized carbons (Fsp3) is 0.632. The molecule has 1 aromatic carbocycles. The topological polar surface area (TPSA) is 50.4 Å². The first kappa shape index (κ1) is 20.9. The molecule has 2 unspecified atom stereocenters. The molecule has 136 valence electrons. The van der Waals surface area contributed by atoms with Crippen LogP contribution in [0.25, 0.3) is 0 Å². The van der Waals surface area contributed by atoms with Gasteiger partial charge in [0.2, 0.25) is 5.91 Å². The molecule has 1 aromatic rings. The molecular weight excluding hydrogens is 324 g/mol. The van der Waals surface area contributed by atoms with Crippen LogP contribution in [0.2, 0.25) is 0 Å². The van der Waals surface area contributed by atoms with E-state index in [4.69, 9.17) is 4.74 Å². The van der Waals surface area contributed by atoms with Crippen LogP contribution in [0.15, 0.2) is 24.3 Å². The van der Waals surface area contributed by atoms with Crippen LogP contribution in [-0.2, 0) is 16.0 Å². The average Bonchev–Trinajstić information content (AvgIpc) is 3.06. The maximum absolute atomic E-state index is 12.2. The number of nitrogens with one attached hydrogen (secondary N) is 2. The van der Waals surface area contributed by atoms with Crippen molar-refractivity contribution in [1.82, 2.24) is 10.6 Å². The Balaban J connectivity index is 0.00000288.